The molecule has 20 heavy (non-hydrogen) atoms. The second-order valence-electron chi connectivity index (χ2n) is 4.90. The largest absolute Gasteiger partial charge is 0.397 e. The van der Waals surface area contributed by atoms with Crippen LogP contribution < -0.4 is 16.8 Å². The first-order chi connectivity index (χ1) is 9.38. The van der Waals surface area contributed by atoms with Gasteiger partial charge in [0.25, 0.3) is 0 Å². The number of amides is 1. The van der Waals surface area contributed by atoms with Gasteiger partial charge in [0.05, 0.1) is 11.4 Å². The highest BCUT2D eigenvalue weighted by atomic mass is 32.1. The average molecular weight is 289 g/mol. The van der Waals surface area contributed by atoms with E-state index >= 15 is 0 Å². The molecule has 2 rings (SSSR count). The van der Waals surface area contributed by atoms with Gasteiger partial charge < -0.3 is 16.8 Å². The van der Waals surface area contributed by atoms with Crippen molar-refractivity contribution in [3.63, 3.8) is 0 Å². The Morgan fingerprint density at radius 1 is 1.30 bits per heavy atom. The summed E-state index contributed by atoms with van der Waals surface area (Å²) in [5.74, 6) is -0.455. The Bertz CT molecular complexity index is 649. The lowest BCUT2D eigenvalue weighted by Crippen LogP contribution is -2.13. The molecule has 0 spiro atoms. The third-order valence-electron chi connectivity index (χ3n) is 3.26. The van der Waals surface area contributed by atoms with E-state index in [2.05, 4.69) is 32.2 Å². The number of aryl methyl sites for hydroxylation is 2. The van der Waals surface area contributed by atoms with Crippen LogP contribution >= 0.6 is 11.3 Å². The topological polar surface area (TPSA) is 81.1 Å². The molecule has 1 aromatic carbocycles. The van der Waals surface area contributed by atoms with Crippen LogP contribution in [0.25, 0.3) is 0 Å². The van der Waals surface area contributed by atoms with E-state index < -0.39 is 5.91 Å². The number of nitrogen functional groups attached to an aromatic ring is 1. The lowest BCUT2D eigenvalue weighted by molar-refractivity contribution is 0.100. The van der Waals surface area contributed by atoms with E-state index in [1.807, 2.05) is 0 Å². The van der Waals surface area contributed by atoms with Crippen molar-refractivity contribution in [1.29, 1.82) is 0 Å². The predicted molar refractivity (Wildman–Crippen MR) is 85.2 cm³/mol. The number of hydrogen-bond donors (Lipinski definition) is 3. The van der Waals surface area contributed by atoms with Gasteiger partial charge in [0.15, 0.2) is 0 Å². The van der Waals surface area contributed by atoms with Gasteiger partial charge in [-0.05, 0) is 50.6 Å². The van der Waals surface area contributed by atoms with Crippen LogP contribution in [0.3, 0.4) is 0 Å². The molecule has 5 N–H and O–H groups in total. The fourth-order valence-electron chi connectivity index (χ4n) is 2.23. The van der Waals surface area contributed by atoms with E-state index in [0.29, 0.717) is 11.3 Å². The normalized spacial score (nSPS) is 12.2. The van der Waals surface area contributed by atoms with E-state index in [1.165, 1.54) is 15.3 Å². The first-order valence-electron chi connectivity index (χ1n) is 6.41. The minimum atomic E-state index is -0.455. The third kappa shape index (κ3) is 2.93. The van der Waals surface area contributed by atoms with E-state index in [4.69, 9.17) is 11.5 Å². The Kier molecular flexibility index (Phi) is 3.99. The average Bonchev–Trinajstić information content (AvgIpc) is 2.71. The van der Waals surface area contributed by atoms with Crippen molar-refractivity contribution in [3.05, 3.63) is 45.1 Å². The monoisotopic (exact) mass is 289 g/mol. The molecular weight excluding hydrogens is 270 g/mol. The minimum absolute atomic E-state index is 0.116. The number of nitrogens with one attached hydrogen (secondary N) is 1. The van der Waals surface area contributed by atoms with Crippen LogP contribution in [0, 0.1) is 13.8 Å². The molecule has 1 aromatic heterocycles. The number of rotatable bonds is 4. The summed E-state index contributed by atoms with van der Waals surface area (Å²) in [6.45, 7) is 6.27. The molecule has 106 valence electrons. The molecule has 1 atom stereocenters. The van der Waals surface area contributed by atoms with E-state index in [-0.39, 0.29) is 6.04 Å². The molecule has 0 aliphatic carbocycles. The summed E-state index contributed by atoms with van der Waals surface area (Å²) in [5.41, 5.74) is 14.3. The molecule has 4 nitrogen and oxygen atoms in total. The molecule has 5 heteroatoms. The molecule has 2 aromatic rings. The summed E-state index contributed by atoms with van der Waals surface area (Å²) in [5, 5.41) is 3.35. The maximum atomic E-state index is 11.2. The number of benzene rings is 1. The maximum Gasteiger partial charge on any atom is 0.248 e. The van der Waals surface area contributed by atoms with Gasteiger partial charge in [0, 0.05) is 21.4 Å². The Hall–Kier alpha value is -2.01. The molecule has 0 aliphatic heterocycles. The van der Waals surface area contributed by atoms with Gasteiger partial charge >= 0.3 is 0 Å². The lowest BCUT2D eigenvalue weighted by Gasteiger charge is -2.17. The van der Waals surface area contributed by atoms with Crippen molar-refractivity contribution in [1.82, 2.24) is 0 Å². The lowest BCUT2D eigenvalue weighted by atomic mass is 10.1. The summed E-state index contributed by atoms with van der Waals surface area (Å²) in [4.78, 5) is 13.8. The standard InChI is InChI=1S/C15H19N3OS/c1-8-6-12(10(3)20-8)9(2)18-14-7-11(15(17)19)4-5-13(14)16/h4-7,9,18H,16H2,1-3H3,(H2,17,19). The molecule has 1 unspecified atom stereocenters. The first-order valence-corrected chi connectivity index (χ1v) is 7.23. The molecule has 1 amide bonds. The van der Waals surface area contributed by atoms with Crippen molar-refractivity contribution < 1.29 is 4.79 Å². The molecule has 0 bridgehead atoms. The fraction of sp³-hybridized carbons (Fsp3) is 0.267. The van der Waals surface area contributed by atoms with Crippen molar-refractivity contribution >= 4 is 28.6 Å². The maximum absolute atomic E-state index is 11.2. The van der Waals surface area contributed by atoms with Crippen LogP contribution in [-0.4, -0.2) is 5.91 Å². The summed E-state index contributed by atoms with van der Waals surface area (Å²) >= 11 is 1.77. The van der Waals surface area contributed by atoms with E-state index in [1.54, 1.807) is 29.5 Å². The van der Waals surface area contributed by atoms with E-state index in [0.717, 1.165) is 5.69 Å². The Morgan fingerprint density at radius 2 is 2.00 bits per heavy atom. The zero-order valence-electron chi connectivity index (χ0n) is 11.9. The van der Waals surface area contributed by atoms with Gasteiger partial charge in [-0.15, -0.1) is 11.3 Å². The zero-order chi connectivity index (χ0) is 14.9. The van der Waals surface area contributed by atoms with Gasteiger partial charge in [-0.3, -0.25) is 4.79 Å². The number of hydrogen-bond acceptors (Lipinski definition) is 4. The number of carbonyl (C=O) groups is 1. The van der Waals surface area contributed by atoms with E-state index in [9.17, 15) is 4.79 Å². The number of carbonyl (C=O) groups excluding carboxylic acids is 1. The Labute approximate surface area is 122 Å². The van der Waals surface area contributed by atoms with Crippen molar-refractivity contribution in [2.24, 2.45) is 5.73 Å². The predicted octanol–water partition coefficient (Wildman–Crippen LogP) is 3.22. The fourth-order valence-corrected chi connectivity index (χ4v) is 3.25. The quantitative estimate of drug-likeness (QED) is 0.756. The summed E-state index contributed by atoms with van der Waals surface area (Å²) < 4.78 is 0. The van der Waals surface area contributed by atoms with Crippen LogP contribution in [0.1, 0.15) is 38.6 Å². The van der Waals surface area contributed by atoms with Crippen LogP contribution in [0.2, 0.25) is 0 Å². The number of nitrogens with two attached hydrogens (primary N) is 2. The third-order valence-corrected chi connectivity index (χ3v) is 4.24. The highest BCUT2D eigenvalue weighted by Gasteiger charge is 2.13. The Balaban J connectivity index is 2.27. The molecular formula is C15H19N3OS. The molecule has 0 saturated heterocycles. The van der Waals surface area contributed by atoms with Gasteiger partial charge in [0.2, 0.25) is 5.91 Å². The van der Waals surface area contributed by atoms with Gasteiger partial charge in [-0.2, -0.15) is 0 Å². The smallest absolute Gasteiger partial charge is 0.248 e. The molecule has 1 heterocycles. The second kappa shape index (κ2) is 5.54. The molecule has 0 fully saturated rings. The zero-order valence-corrected chi connectivity index (χ0v) is 12.7. The van der Waals surface area contributed by atoms with Crippen LogP contribution in [0.4, 0.5) is 11.4 Å². The van der Waals surface area contributed by atoms with Crippen LogP contribution in [0.15, 0.2) is 24.3 Å². The minimum Gasteiger partial charge on any atom is -0.397 e. The van der Waals surface area contributed by atoms with Gasteiger partial charge in [-0.25, -0.2) is 0 Å². The Morgan fingerprint density at radius 3 is 2.55 bits per heavy atom. The number of anilines is 2. The number of primary amides is 1. The summed E-state index contributed by atoms with van der Waals surface area (Å²) in [6, 6.07) is 7.31. The van der Waals surface area contributed by atoms with Crippen LogP contribution in [-0.2, 0) is 0 Å². The molecule has 0 aliphatic rings. The number of thiophene rings is 1. The first kappa shape index (κ1) is 14.4. The highest BCUT2D eigenvalue weighted by molar-refractivity contribution is 7.12. The van der Waals surface area contributed by atoms with Gasteiger partial charge in [-0.1, -0.05) is 0 Å². The van der Waals surface area contributed by atoms with Crippen molar-refractivity contribution in [2.75, 3.05) is 11.1 Å². The SMILES string of the molecule is Cc1cc(C(C)Nc2cc(C(N)=O)ccc2N)c(C)s1. The summed E-state index contributed by atoms with van der Waals surface area (Å²) in [7, 11) is 0. The van der Waals surface area contributed by atoms with Gasteiger partial charge in [0.1, 0.15) is 0 Å². The summed E-state index contributed by atoms with van der Waals surface area (Å²) in [6.07, 6.45) is 0. The molecule has 0 saturated carbocycles. The highest BCUT2D eigenvalue weighted by Crippen LogP contribution is 2.30. The van der Waals surface area contributed by atoms with Crippen molar-refractivity contribution in [2.45, 2.75) is 26.8 Å². The second-order valence-corrected chi connectivity index (χ2v) is 6.36. The van der Waals surface area contributed by atoms with Crippen LogP contribution in [0.5, 0.6) is 0 Å². The molecule has 0 radical (unpaired) electrons. The van der Waals surface area contributed by atoms with Crippen molar-refractivity contribution in [3.8, 4) is 0 Å².